The standard InChI is InChI=1S/C18H26N2O3.ClH/c1-22-16-9-5-2-6-14(16)13-20(15-7-3-4-8-15)18(21)17-12-19-10-11-23-17;/h2,5-6,9,15,17,19H,3-4,7-8,10-13H2,1H3;1H. The molecule has 1 unspecified atom stereocenters. The first-order valence-corrected chi connectivity index (χ1v) is 8.54. The van der Waals surface area contributed by atoms with E-state index in [-0.39, 0.29) is 24.4 Å². The minimum atomic E-state index is -0.362. The highest BCUT2D eigenvalue weighted by Gasteiger charge is 2.33. The summed E-state index contributed by atoms with van der Waals surface area (Å²) in [5.41, 5.74) is 1.05. The van der Waals surface area contributed by atoms with Crippen molar-refractivity contribution in [2.45, 2.75) is 44.4 Å². The lowest BCUT2D eigenvalue weighted by Gasteiger charge is -2.34. The molecule has 1 saturated carbocycles. The van der Waals surface area contributed by atoms with Gasteiger partial charge in [0.2, 0.25) is 0 Å². The van der Waals surface area contributed by atoms with E-state index in [9.17, 15) is 4.79 Å². The Morgan fingerprint density at radius 1 is 1.33 bits per heavy atom. The number of ether oxygens (including phenoxy) is 2. The van der Waals surface area contributed by atoms with Gasteiger partial charge in [0.1, 0.15) is 11.9 Å². The third-order valence-corrected chi connectivity index (χ3v) is 4.78. The number of amides is 1. The van der Waals surface area contributed by atoms with Gasteiger partial charge in [-0.2, -0.15) is 0 Å². The van der Waals surface area contributed by atoms with E-state index < -0.39 is 0 Å². The van der Waals surface area contributed by atoms with Crippen LogP contribution >= 0.6 is 12.4 Å². The summed E-state index contributed by atoms with van der Waals surface area (Å²) in [6.45, 7) is 2.62. The van der Waals surface area contributed by atoms with Crippen LogP contribution in [0.4, 0.5) is 0 Å². The Bertz CT molecular complexity index is 529. The molecular formula is C18H27ClN2O3. The molecule has 24 heavy (non-hydrogen) atoms. The lowest BCUT2D eigenvalue weighted by atomic mass is 10.1. The van der Waals surface area contributed by atoms with Gasteiger partial charge in [-0.1, -0.05) is 31.0 Å². The average Bonchev–Trinajstić information content (AvgIpc) is 3.14. The molecule has 1 heterocycles. The van der Waals surface area contributed by atoms with Gasteiger partial charge in [0.25, 0.3) is 5.91 Å². The Balaban J connectivity index is 0.00000208. The van der Waals surface area contributed by atoms with Crippen LogP contribution in [0.3, 0.4) is 0 Å². The second-order valence-electron chi connectivity index (χ2n) is 6.28. The molecular weight excluding hydrogens is 328 g/mol. The first-order valence-electron chi connectivity index (χ1n) is 8.54. The highest BCUT2D eigenvalue weighted by atomic mass is 35.5. The second kappa shape index (κ2) is 9.25. The summed E-state index contributed by atoms with van der Waals surface area (Å²) in [5.74, 6) is 0.945. The van der Waals surface area contributed by atoms with Crippen LogP contribution in [0.5, 0.6) is 5.75 Å². The molecule has 1 saturated heterocycles. The fraction of sp³-hybridized carbons (Fsp3) is 0.611. The van der Waals surface area contributed by atoms with E-state index in [2.05, 4.69) is 5.32 Å². The van der Waals surface area contributed by atoms with Crippen LogP contribution in [-0.2, 0) is 16.1 Å². The van der Waals surface area contributed by atoms with Crippen molar-refractivity contribution in [2.75, 3.05) is 26.8 Å². The zero-order valence-corrected chi connectivity index (χ0v) is 15.0. The molecule has 2 fully saturated rings. The molecule has 1 atom stereocenters. The summed E-state index contributed by atoms with van der Waals surface area (Å²) < 4.78 is 11.1. The fourth-order valence-electron chi connectivity index (χ4n) is 3.53. The lowest BCUT2D eigenvalue weighted by Crippen LogP contribution is -2.51. The quantitative estimate of drug-likeness (QED) is 0.882. The van der Waals surface area contributed by atoms with E-state index in [1.165, 1.54) is 12.8 Å². The number of halogens is 1. The Hall–Kier alpha value is -1.30. The maximum absolute atomic E-state index is 13.0. The monoisotopic (exact) mass is 354 g/mol. The van der Waals surface area contributed by atoms with E-state index in [0.717, 1.165) is 30.7 Å². The number of hydrogen-bond donors (Lipinski definition) is 1. The number of nitrogens with one attached hydrogen (secondary N) is 1. The third kappa shape index (κ3) is 4.41. The Morgan fingerprint density at radius 3 is 2.75 bits per heavy atom. The molecule has 134 valence electrons. The van der Waals surface area contributed by atoms with Gasteiger partial charge in [0.15, 0.2) is 0 Å². The molecule has 1 amide bonds. The first kappa shape index (κ1) is 19.0. The van der Waals surface area contributed by atoms with Gasteiger partial charge in [-0.3, -0.25) is 4.79 Å². The summed E-state index contributed by atoms with van der Waals surface area (Å²) in [6, 6.07) is 8.25. The maximum Gasteiger partial charge on any atom is 0.253 e. The van der Waals surface area contributed by atoms with Crippen molar-refractivity contribution in [1.29, 1.82) is 0 Å². The maximum atomic E-state index is 13.0. The molecule has 2 aliphatic rings. The number of benzene rings is 1. The number of para-hydroxylation sites is 1. The molecule has 1 aromatic rings. The summed E-state index contributed by atoms with van der Waals surface area (Å²) in [6.07, 6.45) is 4.20. The third-order valence-electron chi connectivity index (χ3n) is 4.78. The van der Waals surface area contributed by atoms with Gasteiger partial charge in [0, 0.05) is 31.2 Å². The minimum Gasteiger partial charge on any atom is -0.496 e. The van der Waals surface area contributed by atoms with Crippen molar-refractivity contribution in [3.63, 3.8) is 0 Å². The van der Waals surface area contributed by atoms with Crippen LogP contribution in [0, 0.1) is 0 Å². The Labute approximate surface area is 150 Å². The van der Waals surface area contributed by atoms with Gasteiger partial charge >= 0.3 is 0 Å². The van der Waals surface area contributed by atoms with Crippen LogP contribution in [0.2, 0.25) is 0 Å². The van der Waals surface area contributed by atoms with Crippen molar-refractivity contribution in [3.05, 3.63) is 29.8 Å². The predicted molar refractivity (Wildman–Crippen MR) is 95.7 cm³/mol. The van der Waals surface area contributed by atoms with Crippen molar-refractivity contribution in [3.8, 4) is 5.75 Å². The number of carbonyl (C=O) groups excluding carboxylic acids is 1. The van der Waals surface area contributed by atoms with Gasteiger partial charge in [-0.05, 0) is 18.9 Å². The largest absolute Gasteiger partial charge is 0.496 e. The SMILES string of the molecule is COc1ccccc1CN(C(=O)C1CNCCO1)C1CCCC1.Cl. The molecule has 0 radical (unpaired) electrons. The van der Waals surface area contributed by atoms with Gasteiger partial charge in [-0.15, -0.1) is 12.4 Å². The number of hydrogen-bond acceptors (Lipinski definition) is 4. The lowest BCUT2D eigenvalue weighted by molar-refractivity contribution is -0.148. The minimum absolute atomic E-state index is 0. The molecule has 1 aromatic carbocycles. The van der Waals surface area contributed by atoms with Crippen molar-refractivity contribution in [1.82, 2.24) is 10.2 Å². The smallest absolute Gasteiger partial charge is 0.253 e. The average molecular weight is 355 g/mol. The van der Waals surface area contributed by atoms with E-state index in [0.29, 0.717) is 25.7 Å². The zero-order chi connectivity index (χ0) is 16.1. The van der Waals surface area contributed by atoms with Gasteiger partial charge in [-0.25, -0.2) is 0 Å². The highest BCUT2D eigenvalue weighted by molar-refractivity contribution is 5.85. The van der Waals surface area contributed by atoms with Crippen molar-refractivity contribution >= 4 is 18.3 Å². The zero-order valence-electron chi connectivity index (χ0n) is 14.2. The first-order chi connectivity index (χ1) is 11.3. The van der Waals surface area contributed by atoms with Crippen LogP contribution in [0.1, 0.15) is 31.2 Å². The van der Waals surface area contributed by atoms with Crippen molar-refractivity contribution in [2.24, 2.45) is 0 Å². The number of morpholine rings is 1. The molecule has 1 N–H and O–H groups in total. The topological polar surface area (TPSA) is 50.8 Å². The van der Waals surface area contributed by atoms with E-state index in [4.69, 9.17) is 9.47 Å². The summed E-state index contributed by atoms with van der Waals surface area (Å²) in [7, 11) is 1.68. The second-order valence-corrected chi connectivity index (χ2v) is 6.28. The van der Waals surface area contributed by atoms with Crippen molar-refractivity contribution < 1.29 is 14.3 Å². The molecule has 1 aliphatic heterocycles. The predicted octanol–water partition coefficient (Wildman–Crippen LogP) is 2.38. The van der Waals surface area contributed by atoms with E-state index >= 15 is 0 Å². The molecule has 0 bridgehead atoms. The summed E-state index contributed by atoms with van der Waals surface area (Å²) in [5, 5.41) is 3.25. The van der Waals surface area contributed by atoms with E-state index in [1.54, 1.807) is 7.11 Å². The van der Waals surface area contributed by atoms with Crippen LogP contribution in [-0.4, -0.2) is 49.8 Å². The van der Waals surface area contributed by atoms with Crippen LogP contribution < -0.4 is 10.1 Å². The summed E-state index contributed by atoms with van der Waals surface area (Å²) in [4.78, 5) is 15.0. The normalized spacial score (nSPS) is 21.1. The number of methoxy groups -OCH3 is 1. The van der Waals surface area contributed by atoms with E-state index in [1.807, 2.05) is 29.2 Å². The molecule has 5 nitrogen and oxygen atoms in total. The summed E-state index contributed by atoms with van der Waals surface area (Å²) >= 11 is 0. The molecule has 3 rings (SSSR count). The van der Waals surface area contributed by atoms with Crippen LogP contribution in [0.25, 0.3) is 0 Å². The Morgan fingerprint density at radius 2 is 2.08 bits per heavy atom. The molecule has 1 aliphatic carbocycles. The molecule has 0 aromatic heterocycles. The highest BCUT2D eigenvalue weighted by Crippen LogP contribution is 2.28. The van der Waals surface area contributed by atoms with Gasteiger partial charge < -0.3 is 19.7 Å². The van der Waals surface area contributed by atoms with Gasteiger partial charge in [0.05, 0.1) is 13.7 Å². The number of nitrogens with zero attached hydrogens (tertiary/aromatic N) is 1. The molecule has 0 spiro atoms. The van der Waals surface area contributed by atoms with Crippen LogP contribution in [0.15, 0.2) is 24.3 Å². The number of carbonyl (C=O) groups is 1. The molecule has 6 heteroatoms. The fourth-order valence-corrected chi connectivity index (χ4v) is 3.53. The number of rotatable bonds is 5. The Kier molecular flexibility index (Phi) is 7.34.